The third kappa shape index (κ3) is 4.51. The molecule has 1 amide bonds. The molecule has 1 aromatic heterocycles. The van der Waals surface area contributed by atoms with E-state index in [1.165, 1.54) is 17.7 Å². The summed E-state index contributed by atoms with van der Waals surface area (Å²) < 4.78 is 29.2. The van der Waals surface area contributed by atoms with Crippen LogP contribution in [0.25, 0.3) is 10.9 Å². The van der Waals surface area contributed by atoms with Crippen LogP contribution in [0.5, 0.6) is 5.75 Å². The number of para-hydroxylation sites is 1. The SMILES string of the molecule is O=C(c1cccc(OC(F)F)c1)N1CCN(Cc2cccc3cccnc23)CC1. The van der Waals surface area contributed by atoms with Gasteiger partial charge in [-0.15, -0.1) is 0 Å². The van der Waals surface area contributed by atoms with Gasteiger partial charge in [-0.3, -0.25) is 14.7 Å². The van der Waals surface area contributed by atoms with Crippen molar-refractivity contribution in [1.82, 2.24) is 14.8 Å². The van der Waals surface area contributed by atoms with Gasteiger partial charge in [-0.25, -0.2) is 0 Å². The first kappa shape index (κ1) is 19.3. The van der Waals surface area contributed by atoms with Crippen molar-refractivity contribution in [2.24, 2.45) is 0 Å². The number of pyridine rings is 1. The summed E-state index contributed by atoms with van der Waals surface area (Å²) in [6, 6.07) is 16.1. The van der Waals surface area contributed by atoms with E-state index in [2.05, 4.69) is 20.7 Å². The molecule has 2 aromatic carbocycles. The number of fused-ring (bicyclic) bond motifs is 1. The number of hydrogen-bond donors (Lipinski definition) is 0. The average molecular weight is 397 g/mol. The molecule has 2 heterocycles. The van der Waals surface area contributed by atoms with Gasteiger partial charge in [0.1, 0.15) is 5.75 Å². The number of piperazine rings is 1. The lowest BCUT2D eigenvalue weighted by atomic mass is 10.1. The molecule has 1 saturated heterocycles. The van der Waals surface area contributed by atoms with Crippen LogP contribution in [0, 0.1) is 0 Å². The highest BCUT2D eigenvalue weighted by molar-refractivity contribution is 5.94. The fraction of sp³-hybridized carbons (Fsp3) is 0.273. The van der Waals surface area contributed by atoms with Crippen LogP contribution < -0.4 is 4.74 Å². The number of halogens is 2. The molecule has 1 aliphatic rings. The Morgan fingerprint density at radius 1 is 1.03 bits per heavy atom. The maximum Gasteiger partial charge on any atom is 0.387 e. The summed E-state index contributed by atoms with van der Waals surface area (Å²) in [6.07, 6.45) is 1.80. The van der Waals surface area contributed by atoms with Gasteiger partial charge in [0.15, 0.2) is 0 Å². The number of hydrogen-bond acceptors (Lipinski definition) is 4. The maximum absolute atomic E-state index is 12.7. The van der Waals surface area contributed by atoms with E-state index in [1.54, 1.807) is 23.2 Å². The second-order valence-electron chi connectivity index (χ2n) is 6.97. The Labute approximate surface area is 167 Å². The van der Waals surface area contributed by atoms with Gasteiger partial charge in [0, 0.05) is 49.9 Å². The van der Waals surface area contributed by atoms with Crippen LogP contribution in [0.1, 0.15) is 15.9 Å². The Balaban J connectivity index is 1.38. The molecular weight excluding hydrogens is 376 g/mol. The molecule has 0 saturated carbocycles. The molecule has 1 fully saturated rings. The van der Waals surface area contributed by atoms with Gasteiger partial charge in [-0.1, -0.05) is 30.3 Å². The van der Waals surface area contributed by atoms with E-state index in [1.807, 2.05) is 24.3 Å². The molecule has 1 aliphatic heterocycles. The summed E-state index contributed by atoms with van der Waals surface area (Å²) in [5.41, 5.74) is 2.53. The zero-order valence-corrected chi connectivity index (χ0v) is 15.8. The number of aromatic nitrogens is 1. The van der Waals surface area contributed by atoms with Crippen LogP contribution in [-0.4, -0.2) is 53.5 Å². The minimum absolute atomic E-state index is 0.00654. The highest BCUT2D eigenvalue weighted by Gasteiger charge is 2.23. The Kier molecular flexibility index (Phi) is 5.67. The first-order valence-corrected chi connectivity index (χ1v) is 9.49. The molecule has 3 aromatic rings. The van der Waals surface area contributed by atoms with Crippen molar-refractivity contribution in [3.8, 4) is 5.75 Å². The fourth-order valence-corrected chi connectivity index (χ4v) is 3.63. The molecular formula is C22H21F2N3O2. The lowest BCUT2D eigenvalue weighted by Crippen LogP contribution is -2.48. The van der Waals surface area contributed by atoms with Gasteiger partial charge in [-0.2, -0.15) is 8.78 Å². The standard InChI is InChI=1S/C22H21F2N3O2/c23-22(24)29-19-8-2-5-17(14-19)21(28)27-12-10-26(11-13-27)15-18-6-1-4-16-7-3-9-25-20(16)18/h1-9,14,22H,10-13,15H2. The van der Waals surface area contributed by atoms with Crippen LogP contribution in [-0.2, 0) is 6.54 Å². The zero-order valence-electron chi connectivity index (χ0n) is 15.8. The van der Waals surface area contributed by atoms with E-state index in [-0.39, 0.29) is 11.7 Å². The molecule has 0 aliphatic carbocycles. The zero-order chi connectivity index (χ0) is 20.2. The number of carbonyl (C=O) groups is 1. The van der Waals surface area contributed by atoms with Crippen molar-refractivity contribution in [1.29, 1.82) is 0 Å². The summed E-state index contributed by atoms with van der Waals surface area (Å²) in [4.78, 5) is 21.3. The van der Waals surface area contributed by atoms with E-state index in [4.69, 9.17) is 0 Å². The monoisotopic (exact) mass is 397 g/mol. The van der Waals surface area contributed by atoms with Gasteiger partial charge in [0.25, 0.3) is 5.91 Å². The van der Waals surface area contributed by atoms with Crippen molar-refractivity contribution >= 4 is 16.8 Å². The molecule has 0 unspecified atom stereocenters. The number of benzene rings is 2. The second kappa shape index (κ2) is 8.53. The Hall–Kier alpha value is -3.06. The molecule has 7 heteroatoms. The van der Waals surface area contributed by atoms with Crippen molar-refractivity contribution in [2.45, 2.75) is 13.2 Å². The number of amides is 1. The number of ether oxygens (including phenoxy) is 1. The molecule has 0 spiro atoms. The molecule has 0 N–H and O–H groups in total. The molecule has 5 nitrogen and oxygen atoms in total. The van der Waals surface area contributed by atoms with E-state index in [0.717, 1.165) is 30.5 Å². The maximum atomic E-state index is 12.7. The van der Waals surface area contributed by atoms with Crippen molar-refractivity contribution in [3.05, 3.63) is 71.9 Å². The summed E-state index contributed by atoms with van der Waals surface area (Å²) in [5.74, 6) is -0.177. The number of alkyl halides is 2. The highest BCUT2D eigenvalue weighted by Crippen LogP contribution is 2.20. The van der Waals surface area contributed by atoms with Crippen LogP contribution >= 0.6 is 0 Å². The minimum Gasteiger partial charge on any atom is -0.435 e. The van der Waals surface area contributed by atoms with E-state index >= 15 is 0 Å². The molecule has 4 rings (SSSR count). The predicted molar refractivity (Wildman–Crippen MR) is 106 cm³/mol. The third-order valence-electron chi connectivity index (χ3n) is 5.08. The predicted octanol–water partition coefficient (Wildman–Crippen LogP) is 3.79. The number of carbonyl (C=O) groups excluding carboxylic acids is 1. The molecule has 0 radical (unpaired) electrons. The Morgan fingerprint density at radius 3 is 2.59 bits per heavy atom. The Bertz CT molecular complexity index is 999. The van der Waals surface area contributed by atoms with Crippen LogP contribution in [0.2, 0.25) is 0 Å². The summed E-state index contributed by atoms with van der Waals surface area (Å²) >= 11 is 0. The van der Waals surface area contributed by atoms with Crippen molar-refractivity contribution in [3.63, 3.8) is 0 Å². The van der Waals surface area contributed by atoms with E-state index < -0.39 is 6.61 Å². The Morgan fingerprint density at radius 2 is 1.79 bits per heavy atom. The van der Waals surface area contributed by atoms with Gasteiger partial charge in [-0.05, 0) is 29.8 Å². The van der Waals surface area contributed by atoms with Gasteiger partial charge >= 0.3 is 6.61 Å². The number of rotatable bonds is 5. The fourth-order valence-electron chi connectivity index (χ4n) is 3.63. The van der Waals surface area contributed by atoms with Crippen molar-refractivity contribution < 1.29 is 18.3 Å². The summed E-state index contributed by atoms with van der Waals surface area (Å²) in [6.45, 7) is 0.499. The molecule has 0 bridgehead atoms. The van der Waals surface area contributed by atoms with E-state index in [0.29, 0.717) is 18.7 Å². The lowest BCUT2D eigenvalue weighted by Gasteiger charge is -2.35. The van der Waals surface area contributed by atoms with E-state index in [9.17, 15) is 13.6 Å². The van der Waals surface area contributed by atoms with Crippen LogP contribution in [0.4, 0.5) is 8.78 Å². The molecule has 0 atom stereocenters. The van der Waals surface area contributed by atoms with Gasteiger partial charge in [0.05, 0.1) is 5.52 Å². The van der Waals surface area contributed by atoms with Crippen LogP contribution in [0.15, 0.2) is 60.8 Å². The van der Waals surface area contributed by atoms with Crippen LogP contribution in [0.3, 0.4) is 0 Å². The summed E-state index contributed by atoms with van der Waals surface area (Å²) in [5, 5.41) is 1.12. The summed E-state index contributed by atoms with van der Waals surface area (Å²) in [7, 11) is 0. The first-order chi connectivity index (χ1) is 14.1. The quantitative estimate of drug-likeness (QED) is 0.657. The second-order valence-corrected chi connectivity index (χ2v) is 6.97. The smallest absolute Gasteiger partial charge is 0.387 e. The van der Waals surface area contributed by atoms with Gasteiger partial charge < -0.3 is 9.64 Å². The normalized spacial score (nSPS) is 15.1. The number of nitrogens with zero attached hydrogens (tertiary/aromatic N) is 3. The third-order valence-corrected chi connectivity index (χ3v) is 5.08. The molecule has 29 heavy (non-hydrogen) atoms. The molecule has 150 valence electrons. The minimum atomic E-state index is -2.91. The van der Waals surface area contributed by atoms with Crippen molar-refractivity contribution in [2.75, 3.05) is 26.2 Å². The average Bonchev–Trinajstić information content (AvgIpc) is 2.74. The highest BCUT2D eigenvalue weighted by atomic mass is 19.3. The largest absolute Gasteiger partial charge is 0.435 e. The first-order valence-electron chi connectivity index (χ1n) is 9.49. The lowest BCUT2D eigenvalue weighted by molar-refractivity contribution is -0.0499. The van der Waals surface area contributed by atoms with Gasteiger partial charge in [0.2, 0.25) is 0 Å². The topological polar surface area (TPSA) is 45.7 Å².